The molecule has 0 saturated carbocycles. The third-order valence-electron chi connectivity index (χ3n) is 5.28. The zero-order valence-corrected chi connectivity index (χ0v) is 18.4. The monoisotopic (exact) mass is 452 g/mol. The molecule has 1 fully saturated rings. The first kappa shape index (κ1) is 21.9. The molecule has 8 nitrogen and oxygen atoms in total. The smallest absolute Gasteiger partial charge is 0.262 e. The molecule has 4 rings (SSSR count). The van der Waals surface area contributed by atoms with Gasteiger partial charge in [0.15, 0.2) is 5.16 Å². The molecule has 1 saturated heterocycles. The summed E-state index contributed by atoms with van der Waals surface area (Å²) < 4.78 is 6.74. The summed E-state index contributed by atoms with van der Waals surface area (Å²) in [4.78, 5) is 44.5. The number of amides is 2. The minimum Gasteiger partial charge on any atom is -0.467 e. The summed E-state index contributed by atoms with van der Waals surface area (Å²) in [6.07, 6.45) is 5.22. The molecular weight excluding hydrogens is 428 g/mol. The zero-order valence-electron chi connectivity index (χ0n) is 17.6. The van der Waals surface area contributed by atoms with E-state index >= 15 is 0 Å². The molecule has 166 valence electrons. The van der Waals surface area contributed by atoms with E-state index in [4.69, 9.17) is 4.42 Å². The van der Waals surface area contributed by atoms with E-state index in [2.05, 4.69) is 16.9 Å². The van der Waals surface area contributed by atoms with Crippen LogP contribution in [0.5, 0.6) is 0 Å². The van der Waals surface area contributed by atoms with Crippen LogP contribution in [0, 0.1) is 0 Å². The number of carbonyl (C=O) groups excluding carboxylic acids is 2. The van der Waals surface area contributed by atoms with Crippen molar-refractivity contribution in [3.8, 4) is 0 Å². The molecule has 0 spiro atoms. The molecule has 9 heteroatoms. The lowest BCUT2D eigenvalue weighted by Gasteiger charge is -2.16. The predicted octanol–water partition coefficient (Wildman–Crippen LogP) is 2.82. The highest BCUT2D eigenvalue weighted by atomic mass is 32.2. The molecule has 2 aromatic heterocycles. The Morgan fingerprint density at radius 2 is 2.06 bits per heavy atom. The Bertz CT molecular complexity index is 1200. The summed E-state index contributed by atoms with van der Waals surface area (Å²) in [5, 5.41) is 3.63. The Labute approximate surface area is 189 Å². The van der Waals surface area contributed by atoms with Crippen LogP contribution in [-0.4, -0.2) is 45.1 Å². The number of benzene rings is 1. The Kier molecular flexibility index (Phi) is 6.75. The van der Waals surface area contributed by atoms with Gasteiger partial charge in [0.1, 0.15) is 5.76 Å². The van der Waals surface area contributed by atoms with Crippen molar-refractivity contribution < 1.29 is 14.0 Å². The van der Waals surface area contributed by atoms with E-state index in [0.717, 1.165) is 25.9 Å². The van der Waals surface area contributed by atoms with Gasteiger partial charge in [-0.2, -0.15) is 0 Å². The van der Waals surface area contributed by atoms with E-state index in [1.165, 1.54) is 16.3 Å². The quantitative estimate of drug-likeness (QED) is 0.321. The second-order valence-corrected chi connectivity index (χ2v) is 8.41. The molecule has 0 unspecified atom stereocenters. The van der Waals surface area contributed by atoms with E-state index in [1.54, 1.807) is 42.7 Å². The van der Waals surface area contributed by atoms with Crippen molar-refractivity contribution in [2.75, 3.05) is 18.8 Å². The Balaban J connectivity index is 1.58. The van der Waals surface area contributed by atoms with E-state index in [1.807, 2.05) is 4.90 Å². The first-order valence-corrected chi connectivity index (χ1v) is 11.4. The Morgan fingerprint density at radius 1 is 1.25 bits per heavy atom. The van der Waals surface area contributed by atoms with E-state index in [9.17, 15) is 14.4 Å². The van der Waals surface area contributed by atoms with Gasteiger partial charge in [0, 0.05) is 25.2 Å². The lowest BCUT2D eigenvalue weighted by atomic mass is 10.1. The minimum atomic E-state index is -0.293. The second-order valence-electron chi connectivity index (χ2n) is 7.47. The number of fused-ring (bicyclic) bond motifs is 1. The lowest BCUT2D eigenvalue weighted by Crippen LogP contribution is -2.30. The Hall–Kier alpha value is -3.33. The molecule has 32 heavy (non-hydrogen) atoms. The summed E-state index contributed by atoms with van der Waals surface area (Å²) in [6, 6.07) is 8.33. The number of hydrogen-bond acceptors (Lipinski definition) is 6. The molecule has 0 bridgehead atoms. The van der Waals surface area contributed by atoms with Crippen LogP contribution in [0.25, 0.3) is 10.9 Å². The topological polar surface area (TPSA) is 97.4 Å². The molecule has 1 aliphatic heterocycles. The van der Waals surface area contributed by atoms with Crippen molar-refractivity contribution in [2.45, 2.75) is 31.1 Å². The number of nitrogens with one attached hydrogen (secondary N) is 1. The number of carbonyl (C=O) groups is 2. The normalized spacial score (nSPS) is 13.4. The van der Waals surface area contributed by atoms with Crippen molar-refractivity contribution in [2.24, 2.45) is 0 Å². The van der Waals surface area contributed by atoms with Gasteiger partial charge in [-0.15, -0.1) is 6.58 Å². The second kappa shape index (κ2) is 9.86. The summed E-state index contributed by atoms with van der Waals surface area (Å²) in [5.74, 6) is 0.598. The molecule has 3 heterocycles. The van der Waals surface area contributed by atoms with Gasteiger partial charge in [-0.3, -0.25) is 19.0 Å². The average molecular weight is 453 g/mol. The van der Waals surface area contributed by atoms with Crippen LogP contribution >= 0.6 is 11.8 Å². The first-order valence-electron chi connectivity index (χ1n) is 10.4. The maximum Gasteiger partial charge on any atom is 0.262 e. The molecule has 1 aliphatic rings. The van der Waals surface area contributed by atoms with Crippen molar-refractivity contribution in [1.29, 1.82) is 0 Å². The van der Waals surface area contributed by atoms with Gasteiger partial charge in [0.25, 0.3) is 11.5 Å². The zero-order chi connectivity index (χ0) is 22.5. The summed E-state index contributed by atoms with van der Waals surface area (Å²) in [5.41, 5.74) is 0.576. The maximum absolute atomic E-state index is 13.1. The van der Waals surface area contributed by atoms with Gasteiger partial charge in [-0.25, -0.2) is 4.98 Å². The van der Waals surface area contributed by atoms with Gasteiger partial charge in [-0.05, 0) is 43.2 Å². The van der Waals surface area contributed by atoms with Crippen LogP contribution < -0.4 is 10.9 Å². The highest BCUT2D eigenvalue weighted by Crippen LogP contribution is 2.20. The Morgan fingerprint density at radius 3 is 2.78 bits per heavy atom. The van der Waals surface area contributed by atoms with Crippen LogP contribution in [0.1, 0.15) is 29.0 Å². The van der Waals surface area contributed by atoms with Gasteiger partial charge in [0.05, 0.1) is 29.5 Å². The van der Waals surface area contributed by atoms with Crippen LogP contribution in [0.3, 0.4) is 0 Å². The molecule has 2 amide bonds. The van der Waals surface area contributed by atoms with E-state index in [0.29, 0.717) is 27.4 Å². The summed E-state index contributed by atoms with van der Waals surface area (Å²) in [6.45, 7) is 5.83. The SMILES string of the molecule is C=CCn1c(SCC(=O)N2CCCC2)nc2cc(C(=O)NCc3ccco3)ccc2c1=O. The summed E-state index contributed by atoms with van der Waals surface area (Å²) >= 11 is 1.23. The van der Waals surface area contributed by atoms with Crippen molar-refractivity contribution in [3.63, 3.8) is 0 Å². The third-order valence-corrected chi connectivity index (χ3v) is 6.24. The highest BCUT2D eigenvalue weighted by Gasteiger charge is 2.20. The maximum atomic E-state index is 13.1. The van der Waals surface area contributed by atoms with Crippen molar-refractivity contribution >= 4 is 34.5 Å². The summed E-state index contributed by atoms with van der Waals surface area (Å²) in [7, 11) is 0. The minimum absolute atomic E-state index is 0.0399. The number of hydrogen-bond donors (Lipinski definition) is 1. The van der Waals surface area contributed by atoms with Crippen LogP contribution in [0.2, 0.25) is 0 Å². The van der Waals surface area contributed by atoms with Crippen LogP contribution in [0.4, 0.5) is 0 Å². The largest absolute Gasteiger partial charge is 0.467 e. The fourth-order valence-corrected chi connectivity index (χ4v) is 4.52. The number of rotatable bonds is 8. The van der Waals surface area contributed by atoms with E-state index in [-0.39, 0.29) is 36.2 Å². The van der Waals surface area contributed by atoms with Crippen molar-refractivity contribution in [3.05, 3.63) is 70.9 Å². The molecule has 0 radical (unpaired) electrons. The highest BCUT2D eigenvalue weighted by molar-refractivity contribution is 7.99. The molecule has 3 aromatic rings. The van der Waals surface area contributed by atoms with Crippen LogP contribution in [0.15, 0.2) is 63.6 Å². The number of allylic oxidation sites excluding steroid dienone is 1. The van der Waals surface area contributed by atoms with E-state index < -0.39 is 0 Å². The molecule has 1 N–H and O–H groups in total. The fraction of sp³-hybridized carbons (Fsp3) is 0.304. The predicted molar refractivity (Wildman–Crippen MR) is 123 cm³/mol. The molecular formula is C23H24N4O4S. The molecule has 0 atom stereocenters. The van der Waals surface area contributed by atoms with Gasteiger partial charge in [0.2, 0.25) is 5.91 Å². The third kappa shape index (κ3) is 4.77. The number of aromatic nitrogens is 2. The molecule has 0 aliphatic carbocycles. The number of nitrogens with zero attached hydrogens (tertiary/aromatic N) is 3. The number of thioether (sulfide) groups is 1. The van der Waals surface area contributed by atoms with Gasteiger partial charge < -0.3 is 14.6 Å². The van der Waals surface area contributed by atoms with Gasteiger partial charge in [-0.1, -0.05) is 17.8 Å². The standard InChI is InChI=1S/C23H24N4O4S/c1-2-9-27-22(30)18-8-7-16(21(29)24-14-17-6-5-12-31-17)13-19(18)25-23(27)32-15-20(28)26-10-3-4-11-26/h2,5-8,12-13H,1,3-4,9-11,14-15H2,(H,24,29). The fourth-order valence-electron chi connectivity index (χ4n) is 3.61. The number of likely N-dealkylation sites (tertiary alicyclic amines) is 1. The average Bonchev–Trinajstić information content (AvgIpc) is 3.52. The molecule has 1 aromatic carbocycles. The first-order chi connectivity index (χ1) is 15.6. The van der Waals surface area contributed by atoms with Gasteiger partial charge >= 0.3 is 0 Å². The van der Waals surface area contributed by atoms with Crippen LogP contribution in [-0.2, 0) is 17.9 Å². The number of furan rings is 1. The van der Waals surface area contributed by atoms with Crippen molar-refractivity contribution in [1.82, 2.24) is 19.8 Å². The lowest BCUT2D eigenvalue weighted by molar-refractivity contribution is -0.127.